The number of fused-ring (bicyclic) bond motifs is 1. The second-order valence-corrected chi connectivity index (χ2v) is 10.9. The minimum absolute atomic E-state index is 0.0329. The van der Waals surface area contributed by atoms with Gasteiger partial charge in [-0.15, -0.1) is 5.10 Å². The van der Waals surface area contributed by atoms with Crippen LogP contribution in [0.5, 0.6) is 5.75 Å². The minimum Gasteiger partial charge on any atom is -0.496 e. The van der Waals surface area contributed by atoms with Crippen LogP contribution in [0.25, 0.3) is 22.7 Å². The molecule has 0 unspecified atom stereocenters. The third-order valence-corrected chi connectivity index (χ3v) is 7.88. The molecule has 1 saturated heterocycles. The molecule has 1 aliphatic heterocycles. The van der Waals surface area contributed by atoms with Crippen molar-refractivity contribution >= 4 is 52.1 Å². The number of likely N-dealkylation sites (tertiary alicyclic amines) is 1. The standard InChI is InChI=1S/C32H28ClN7O6/c1-45-27-5-3-2-4-20(27)17-46-28-12-13-39(29(41)11-6-19-14-22(33)7-10-26(19)40-18-34-37-38-40)30(28)31(42)35-23-8-9-24-21(15-23)16-25(36-24)32(43)44/h2-11,14-16,18,28,30,36H,12-13,17H2,1H3,(H,35,42)(H,43,44)/b11-6+/t28-,30-/m0/s1. The summed E-state index contributed by atoms with van der Waals surface area (Å²) in [5.74, 6) is -1.29. The van der Waals surface area contributed by atoms with E-state index in [1.54, 1.807) is 49.6 Å². The van der Waals surface area contributed by atoms with E-state index in [4.69, 9.17) is 21.1 Å². The van der Waals surface area contributed by atoms with Crippen molar-refractivity contribution in [1.29, 1.82) is 0 Å². The van der Waals surface area contributed by atoms with E-state index in [0.717, 1.165) is 5.56 Å². The number of aromatic nitrogens is 5. The number of hydrogen-bond acceptors (Lipinski definition) is 8. The lowest BCUT2D eigenvalue weighted by molar-refractivity contribution is -0.136. The Morgan fingerprint density at radius 2 is 1.98 bits per heavy atom. The molecule has 0 bridgehead atoms. The Bertz CT molecular complexity index is 1940. The van der Waals surface area contributed by atoms with Gasteiger partial charge in [-0.2, -0.15) is 4.68 Å². The smallest absolute Gasteiger partial charge is 0.352 e. The normalized spacial score (nSPS) is 16.3. The molecule has 3 heterocycles. The van der Waals surface area contributed by atoms with Crippen LogP contribution in [0, 0.1) is 0 Å². The Hall–Kier alpha value is -5.53. The van der Waals surface area contributed by atoms with Gasteiger partial charge < -0.3 is 29.8 Å². The Morgan fingerprint density at radius 3 is 2.76 bits per heavy atom. The second-order valence-electron chi connectivity index (χ2n) is 10.5. The summed E-state index contributed by atoms with van der Waals surface area (Å²) in [5.41, 5.74) is 3.09. The SMILES string of the molecule is COc1ccccc1CO[C@H]1CCN(C(=O)/C=C/c2cc(Cl)ccc2-n2cnnn2)[C@@H]1C(=O)Nc1ccc2[nH]c(C(=O)O)cc2c1. The van der Waals surface area contributed by atoms with Crippen LogP contribution in [-0.4, -0.2) is 78.8 Å². The van der Waals surface area contributed by atoms with Gasteiger partial charge >= 0.3 is 5.97 Å². The van der Waals surface area contributed by atoms with Crippen molar-refractivity contribution in [2.75, 3.05) is 19.0 Å². The van der Waals surface area contributed by atoms with Gasteiger partial charge in [-0.1, -0.05) is 29.8 Å². The quantitative estimate of drug-likeness (QED) is 0.188. The first kappa shape index (κ1) is 30.5. The number of aromatic amines is 1. The number of aromatic carboxylic acids is 1. The fourth-order valence-electron chi connectivity index (χ4n) is 5.45. The highest BCUT2D eigenvalue weighted by molar-refractivity contribution is 6.30. The number of ether oxygens (including phenoxy) is 2. The number of para-hydroxylation sites is 1. The van der Waals surface area contributed by atoms with Crippen molar-refractivity contribution < 1.29 is 29.0 Å². The number of carbonyl (C=O) groups excluding carboxylic acids is 2. The van der Waals surface area contributed by atoms with Crippen molar-refractivity contribution in [3.05, 3.63) is 101 Å². The molecule has 3 aromatic carbocycles. The number of halogens is 1. The van der Waals surface area contributed by atoms with E-state index in [-0.39, 0.29) is 18.8 Å². The molecule has 13 nitrogen and oxygen atoms in total. The lowest BCUT2D eigenvalue weighted by atomic mass is 10.1. The number of nitrogens with one attached hydrogen (secondary N) is 2. The summed E-state index contributed by atoms with van der Waals surface area (Å²) < 4.78 is 13.2. The van der Waals surface area contributed by atoms with E-state index in [9.17, 15) is 19.5 Å². The maximum Gasteiger partial charge on any atom is 0.352 e. The average molecular weight is 642 g/mol. The first-order valence-corrected chi connectivity index (χ1v) is 14.6. The number of anilines is 1. The highest BCUT2D eigenvalue weighted by Crippen LogP contribution is 2.28. The van der Waals surface area contributed by atoms with Gasteiger partial charge in [0.1, 0.15) is 23.8 Å². The summed E-state index contributed by atoms with van der Waals surface area (Å²) in [4.78, 5) is 43.2. The summed E-state index contributed by atoms with van der Waals surface area (Å²) >= 11 is 6.24. The minimum atomic E-state index is -1.09. The van der Waals surface area contributed by atoms with Crippen molar-refractivity contribution in [3.63, 3.8) is 0 Å². The number of carboxylic acid groups (broad SMARTS) is 1. The van der Waals surface area contributed by atoms with Gasteiger partial charge in [0.15, 0.2) is 0 Å². The van der Waals surface area contributed by atoms with Crippen LogP contribution in [0.1, 0.15) is 28.0 Å². The molecule has 1 fully saturated rings. The van der Waals surface area contributed by atoms with Gasteiger partial charge in [-0.25, -0.2) is 4.79 Å². The maximum absolute atomic E-state index is 13.9. The molecule has 0 aliphatic carbocycles. The zero-order chi connectivity index (χ0) is 32.2. The number of tetrazole rings is 1. The number of methoxy groups -OCH3 is 1. The van der Waals surface area contributed by atoms with Crippen LogP contribution >= 0.6 is 11.6 Å². The zero-order valence-electron chi connectivity index (χ0n) is 24.5. The molecule has 2 aromatic heterocycles. The summed E-state index contributed by atoms with van der Waals surface area (Å²) in [6.07, 6.45) is 4.20. The van der Waals surface area contributed by atoms with E-state index >= 15 is 0 Å². The van der Waals surface area contributed by atoms with Crippen molar-refractivity contribution in [1.82, 2.24) is 30.1 Å². The molecule has 0 spiro atoms. The van der Waals surface area contributed by atoms with Crippen LogP contribution in [0.2, 0.25) is 5.02 Å². The fourth-order valence-corrected chi connectivity index (χ4v) is 5.63. The molecule has 46 heavy (non-hydrogen) atoms. The summed E-state index contributed by atoms with van der Waals surface area (Å²) in [6.45, 7) is 0.438. The second kappa shape index (κ2) is 13.2. The molecule has 0 radical (unpaired) electrons. The van der Waals surface area contributed by atoms with Gasteiger partial charge in [0.05, 0.1) is 25.5 Å². The van der Waals surface area contributed by atoms with Gasteiger partial charge in [0, 0.05) is 45.4 Å². The molecule has 5 aromatic rings. The number of carbonyl (C=O) groups is 3. The molecule has 2 atom stereocenters. The molecular weight excluding hydrogens is 614 g/mol. The molecule has 2 amide bonds. The van der Waals surface area contributed by atoms with Gasteiger partial charge in [0.2, 0.25) is 11.8 Å². The first-order chi connectivity index (χ1) is 22.3. The highest BCUT2D eigenvalue weighted by atomic mass is 35.5. The number of rotatable bonds is 10. The van der Waals surface area contributed by atoms with Gasteiger partial charge in [-0.3, -0.25) is 9.59 Å². The van der Waals surface area contributed by atoms with Crippen LogP contribution in [0.15, 0.2) is 79.1 Å². The molecule has 3 N–H and O–H groups in total. The van der Waals surface area contributed by atoms with Crippen LogP contribution in [0.3, 0.4) is 0 Å². The molecule has 0 saturated carbocycles. The highest BCUT2D eigenvalue weighted by Gasteiger charge is 2.42. The van der Waals surface area contributed by atoms with Crippen molar-refractivity contribution in [2.45, 2.75) is 25.2 Å². The number of hydrogen-bond donors (Lipinski definition) is 3. The predicted molar refractivity (Wildman–Crippen MR) is 169 cm³/mol. The summed E-state index contributed by atoms with van der Waals surface area (Å²) in [5, 5.41) is 24.6. The van der Waals surface area contributed by atoms with Crippen molar-refractivity contribution in [3.8, 4) is 11.4 Å². The number of benzene rings is 3. The zero-order valence-corrected chi connectivity index (χ0v) is 25.2. The Labute approximate surface area is 267 Å². The van der Waals surface area contributed by atoms with E-state index in [1.807, 2.05) is 24.3 Å². The monoisotopic (exact) mass is 641 g/mol. The summed E-state index contributed by atoms with van der Waals surface area (Å²) in [6, 6.07) is 18.1. The fraction of sp³-hybridized carbons (Fsp3) is 0.188. The largest absolute Gasteiger partial charge is 0.496 e. The van der Waals surface area contributed by atoms with Crippen molar-refractivity contribution in [2.24, 2.45) is 0 Å². The Kier molecular flexibility index (Phi) is 8.76. The Morgan fingerprint density at radius 1 is 1.13 bits per heavy atom. The topological polar surface area (TPSA) is 165 Å². The number of H-pyrrole nitrogens is 1. The summed E-state index contributed by atoms with van der Waals surface area (Å²) in [7, 11) is 1.57. The van der Waals surface area contributed by atoms with Crippen LogP contribution in [-0.2, 0) is 20.9 Å². The molecule has 234 valence electrons. The van der Waals surface area contributed by atoms with E-state index < -0.39 is 29.9 Å². The van der Waals surface area contributed by atoms with Gasteiger partial charge in [0.25, 0.3) is 0 Å². The number of carboxylic acids is 1. The molecule has 14 heteroatoms. The van der Waals surface area contributed by atoms with Crippen LogP contribution < -0.4 is 10.1 Å². The average Bonchev–Trinajstić information content (AvgIpc) is 3.83. The van der Waals surface area contributed by atoms with E-state index in [0.29, 0.717) is 45.0 Å². The maximum atomic E-state index is 13.9. The molecular formula is C32H28ClN7O6. The number of nitrogens with zero attached hydrogens (tertiary/aromatic N) is 5. The first-order valence-electron chi connectivity index (χ1n) is 14.2. The number of amides is 2. The predicted octanol–water partition coefficient (Wildman–Crippen LogP) is 4.34. The van der Waals surface area contributed by atoms with Crippen LogP contribution in [0.4, 0.5) is 5.69 Å². The Balaban J connectivity index is 1.26. The van der Waals surface area contributed by atoms with E-state index in [1.165, 1.54) is 28.1 Å². The van der Waals surface area contributed by atoms with E-state index in [2.05, 4.69) is 25.8 Å². The third-order valence-electron chi connectivity index (χ3n) is 7.65. The lowest BCUT2D eigenvalue weighted by Gasteiger charge is -2.27. The molecule has 6 rings (SSSR count). The van der Waals surface area contributed by atoms with Gasteiger partial charge in [-0.05, 0) is 71.5 Å². The third kappa shape index (κ3) is 6.46. The lowest BCUT2D eigenvalue weighted by Crippen LogP contribution is -2.48. The molecule has 1 aliphatic rings.